The van der Waals surface area contributed by atoms with Crippen LogP contribution in [0.5, 0.6) is 0 Å². The maximum atomic E-state index is 11.2. The minimum absolute atomic E-state index is 0.171. The van der Waals surface area contributed by atoms with Crippen LogP contribution in [-0.4, -0.2) is 25.5 Å². The molecule has 3 nitrogen and oxygen atoms in total. The molecule has 0 aromatic rings. The summed E-state index contributed by atoms with van der Waals surface area (Å²) >= 11 is 0. The standard InChI is InChI=1S/C10H20N2O/c1-10(2)4-7-11-6-3-9(13)12-8-5-10/h11H,3-8H2,1-2H3,(H,12,13). The highest BCUT2D eigenvalue weighted by Gasteiger charge is 2.18. The Bertz CT molecular complexity index is 178. The lowest BCUT2D eigenvalue weighted by atomic mass is 9.85. The van der Waals surface area contributed by atoms with Crippen molar-refractivity contribution in [1.29, 1.82) is 0 Å². The van der Waals surface area contributed by atoms with Gasteiger partial charge in [0.2, 0.25) is 5.91 Å². The molecule has 0 aliphatic carbocycles. The van der Waals surface area contributed by atoms with Gasteiger partial charge in [0.15, 0.2) is 0 Å². The second-order valence-electron chi connectivity index (χ2n) is 4.51. The Balaban J connectivity index is 2.39. The molecule has 1 heterocycles. The van der Waals surface area contributed by atoms with Crippen LogP contribution < -0.4 is 10.6 Å². The number of rotatable bonds is 0. The van der Waals surface area contributed by atoms with Gasteiger partial charge >= 0.3 is 0 Å². The van der Waals surface area contributed by atoms with E-state index in [1.807, 2.05) is 0 Å². The average Bonchev–Trinajstić information content (AvgIpc) is 2.02. The van der Waals surface area contributed by atoms with Crippen LogP contribution in [0.1, 0.15) is 33.1 Å². The van der Waals surface area contributed by atoms with Crippen LogP contribution in [0.3, 0.4) is 0 Å². The molecule has 1 rings (SSSR count). The summed E-state index contributed by atoms with van der Waals surface area (Å²) in [4.78, 5) is 11.2. The molecule has 0 aromatic carbocycles. The summed E-state index contributed by atoms with van der Waals surface area (Å²) in [5.74, 6) is 0.171. The van der Waals surface area contributed by atoms with Crippen LogP contribution in [0.4, 0.5) is 0 Å². The van der Waals surface area contributed by atoms with E-state index in [4.69, 9.17) is 0 Å². The van der Waals surface area contributed by atoms with Gasteiger partial charge in [0.05, 0.1) is 0 Å². The Hall–Kier alpha value is -0.570. The van der Waals surface area contributed by atoms with Crippen molar-refractivity contribution in [3.63, 3.8) is 0 Å². The Morgan fingerprint density at radius 2 is 1.85 bits per heavy atom. The maximum absolute atomic E-state index is 11.2. The van der Waals surface area contributed by atoms with Crippen LogP contribution in [-0.2, 0) is 4.79 Å². The predicted molar refractivity (Wildman–Crippen MR) is 53.5 cm³/mol. The van der Waals surface area contributed by atoms with Gasteiger partial charge in [-0.2, -0.15) is 0 Å². The van der Waals surface area contributed by atoms with Gasteiger partial charge in [-0.15, -0.1) is 0 Å². The molecule has 0 saturated carbocycles. The Kier molecular flexibility index (Phi) is 3.72. The molecule has 3 heteroatoms. The first kappa shape index (κ1) is 10.5. The summed E-state index contributed by atoms with van der Waals surface area (Å²) in [6, 6.07) is 0. The Labute approximate surface area is 80.3 Å². The van der Waals surface area contributed by atoms with E-state index in [9.17, 15) is 4.79 Å². The van der Waals surface area contributed by atoms with Gasteiger partial charge in [-0.3, -0.25) is 4.79 Å². The lowest BCUT2D eigenvalue weighted by molar-refractivity contribution is -0.121. The third kappa shape index (κ3) is 4.27. The van der Waals surface area contributed by atoms with Crippen molar-refractivity contribution in [2.24, 2.45) is 5.41 Å². The van der Waals surface area contributed by atoms with E-state index in [2.05, 4.69) is 24.5 Å². The van der Waals surface area contributed by atoms with E-state index in [1.165, 1.54) is 6.42 Å². The lowest BCUT2D eigenvalue weighted by Crippen LogP contribution is -2.34. The smallest absolute Gasteiger partial charge is 0.221 e. The Morgan fingerprint density at radius 3 is 2.62 bits per heavy atom. The first-order chi connectivity index (χ1) is 6.10. The summed E-state index contributed by atoms with van der Waals surface area (Å²) in [5, 5.41) is 6.21. The molecule has 76 valence electrons. The monoisotopic (exact) mass is 184 g/mol. The van der Waals surface area contributed by atoms with Crippen molar-refractivity contribution < 1.29 is 4.79 Å². The zero-order chi connectivity index (χ0) is 9.73. The van der Waals surface area contributed by atoms with Crippen molar-refractivity contribution in [3.8, 4) is 0 Å². The van der Waals surface area contributed by atoms with Gasteiger partial charge in [-0.25, -0.2) is 0 Å². The minimum atomic E-state index is 0.171. The third-order valence-electron chi connectivity index (χ3n) is 2.63. The number of hydrogen-bond acceptors (Lipinski definition) is 2. The number of carbonyl (C=O) groups is 1. The van der Waals surface area contributed by atoms with Gasteiger partial charge in [-0.1, -0.05) is 13.8 Å². The van der Waals surface area contributed by atoms with Gasteiger partial charge in [0.1, 0.15) is 0 Å². The molecule has 1 fully saturated rings. The third-order valence-corrected chi connectivity index (χ3v) is 2.63. The van der Waals surface area contributed by atoms with E-state index >= 15 is 0 Å². The fraction of sp³-hybridized carbons (Fsp3) is 0.900. The van der Waals surface area contributed by atoms with Crippen LogP contribution in [0.15, 0.2) is 0 Å². The van der Waals surface area contributed by atoms with Crippen molar-refractivity contribution in [2.45, 2.75) is 33.1 Å². The number of carbonyl (C=O) groups excluding carboxylic acids is 1. The van der Waals surface area contributed by atoms with Crippen LogP contribution in [0, 0.1) is 5.41 Å². The summed E-state index contributed by atoms with van der Waals surface area (Å²) in [6.07, 6.45) is 2.86. The molecule has 0 radical (unpaired) electrons. The quantitative estimate of drug-likeness (QED) is 0.587. The molecule has 13 heavy (non-hydrogen) atoms. The molecule has 1 aliphatic heterocycles. The van der Waals surface area contributed by atoms with E-state index in [0.29, 0.717) is 11.8 Å². The van der Waals surface area contributed by atoms with Crippen molar-refractivity contribution in [3.05, 3.63) is 0 Å². The van der Waals surface area contributed by atoms with Gasteiger partial charge in [0, 0.05) is 19.5 Å². The average molecular weight is 184 g/mol. The van der Waals surface area contributed by atoms with E-state index in [0.717, 1.165) is 26.1 Å². The molecule has 0 bridgehead atoms. The highest BCUT2D eigenvalue weighted by molar-refractivity contribution is 5.76. The Morgan fingerprint density at radius 1 is 1.15 bits per heavy atom. The SMILES string of the molecule is CC1(C)CCNCCC(=O)NCC1. The number of hydrogen-bond donors (Lipinski definition) is 2. The molecule has 0 atom stereocenters. The highest BCUT2D eigenvalue weighted by Crippen LogP contribution is 2.23. The minimum Gasteiger partial charge on any atom is -0.356 e. The van der Waals surface area contributed by atoms with E-state index in [-0.39, 0.29) is 5.91 Å². The van der Waals surface area contributed by atoms with Crippen LogP contribution >= 0.6 is 0 Å². The zero-order valence-electron chi connectivity index (χ0n) is 8.65. The summed E-state index contributed by atoms with van der Waals surface area (Å²) in [7, 11) is 0. The van der Waals surface area contributed by atoms with Gasteiger partial charge in [-0.05, 0) is 24.8 Å². The summed E-state index contributed by atoms with van der Waals surface area (Å²) in [5.41, 5.74) is 0.345. The molecule has 1 amide bonds. The first-order valence-electron chi connectivity index (χ1n) is 5.08. The second kappa shape index (κ2) is 4.61. The normalized spacial score (nSPS) is 24.9. The van der Waals surface area contributed by atoms with Crippen molar-refractivity contribution >= 4 is 5.91 Å². The fourth-order valence-electron chi connectivity index (χ4n) is 1.51. The summed E-state index contributed by atoms with van der Waals surface area (Å²) < 4.78 is 0. The second-order valence-corrected chi connectivity index (χ2v) is 4.51. The fourth-order valence-corrected chi connectivity index (χ4v) is 1.51. The first-order valence-corrected chi connectivity index (χ1v) is 5.08. The van der Waals surface area contributed by atoms with Crippen LogP contribution in [0.2, 0.25) is 0 Å². The maximum Gasteiger partial charge on any atom is 0.221 e. The molecule has 2 N–H and O–H groups in total. The molecule has 0 aromatic heterocycles. The molecule has 0 spiro atoms. The number of nitrogens with one attached hydrogen (secondary N) is 2. The molecular weight excluding hydrogens is 164 g/mol. The topological polar surface area (TPSA) is 41.1 Å². The van der Waals surface area contributed by atoms with Crippen molar-refractivity contribution in [1.82, 2.24) is 10.6 Å². The highest BCUT2D eigenvalue weighted by atomic mass is 16.1. The van der Waals surface area contributed by atoms with Crippen molar-refractivity contribution in [2.75, 3.05) is 19.6 Å². The largest absolute Gasteiger partial charge is 0.356 e. The van der Waals surface area contributed by atoms with E-state index < -0.39 is 0 Å². The zero-order valence-corrected chi connectivity index (χ0v) is 8.65. The van der Waals surface area contributed by atoms with E-state index in [1.54, 1.807) is 0 Å². The molecule has 1 saturated heterocycles. The van der Waals surface area contributed by atoms with Gasteiger partial charge in [0.25, 0.3) is 0 Å². The summed E-state index contributed by atoms with van der Waals surface area (Å²) in [6.45, 7) is 7.17. The van der Waals surface area contributed by atoms with Crippen LogP contribution in [0.25, 0.3) is 0 Å². The number of amides is 1. The molecule has 1 aliphatic rings. The van der Waals surface area contributed by atoms with Gasteiger partial charge < -0.3 is 10.6 Å². The molecular formula is C10H20N2O. The predicted octanol–water partition coefficient (Wildman–Crippen LogP) is 0.902. The molecule has 0 unspecified atom stereocenters. The lowest BCUT2D eigenvalue weighted by Gasteiger charge is -2.26.